The fraction of sp³-hybridized carbons (Fsp3) is 0.231. The van der Waals surface area contributed by atoms with E-state index in [1.165, 1.54) is 5.56 Å². The van der Waals surface area contributed by atoms with Crippen LogP contribution in [0, 0.1) is 5.92 Å². The average Bonchev–Trinajstić information content (AvgIpc) is 2.71. The Morgan fingerprint density at radius 1 is 1.07 bits per heavy atom. The Labute approximate surface area is 84.4 Å². The lowest BCUT2D eigenvalue weighted by molar-refractivity contribution is 0.474. The number of phenols is 1. The summed E-state index contributed by atoms with van der Waals surface area (Å²) in [4.78, 5) is 0. The molecule has 2 rings (SSSR count). The van der Waals surface area contributed by atoms with Crippen LogP contribution in [-0.4, -0.2) is 5.11 Å². The van der Waals surface area contributed by atoms with E-state index in [1.54, 1.807) is 12.1 Å². The molecular weight excluding hydrogens is 172 g/mol. The highest BCUT2D eigenvalue weighted by Crippen LogP contribution is 2.29. The lowest BCUT2D eigenvalue weighted by Gasteiger charge is -2.16. The Kier molecular flexibility index (Phi) is 2.40. The zero-order valence-corrected chi connectivity index (χ0v) is 8.22. The quantitative estimate of drug-likeness (QED) is 0.751. The fourth-order valence-corrected chi connectivity index (χ4v) is 1.78. The second-order valence-corrected chi connectivity index (χ2v) is 3.73. The number of phenolic OH excluding ortho intramolecular Hbond substituents is 1. The Morgan fingerprint density at radius 2 is 1.64 bits per heavy atom. The summed E-state index contributed by atoms with van der Waals surface area (Å²) in [5, 5.41) is 9.18. The third-order valence-corrected chi connectivity index (χ3v) is 2.77. The molecule has 1 heteroatoms. The SMILES string of the molecule is CC(c1ccc(O)cc1)C1C=CC=C1. The summed E-state index contributed by atoms with van der Waals surface area (Å²) in [5.74, 6) is 1.31. The molecule has 0 bridgehead atoms. The van der Waals surface area contributed by atoms with Gasteiger partial charge in [-0.05, 0) is 23.6 Å². The summed E-state index contributed by atoms with van der Waals surface area (Å²) >= 11 is 0. The summed E-state index contributed by atoms with van der Waals surface area (Å²) in [5.41, 5.74) is 1.27. The first kappa shape index (κ1) is 9.07. The number of rotatable bonds is 2. The molecule has 1 aliphatic carbocycles. The molecule has 0 heterocycles. The van der Waals surface area contributed by atoms with Crippen molar-refractivity contribution in [3.8, 4) is 5.75 Å². The van der Waals surface area contributed by atoms with E-state index in [0.29, 0.717) is 17.6 Å². The van der Waals surface area contributed by atoms with Crippen molar-refractivity contribution in [3.05, 3.63) is 54.1 Å². The molecule has 72 valence electrons. The van der Waals surface area contributed by atoms with Gasteiger partial charge in [-0.3, -0.25) is 0 Å². The summed E-state index contributed by atoms with van der Waals surface area (Å²) in [6.07, 6.45) is 8.58. The third kappa shape index (κ3) is 1.72. The first-order valence-electron chi connectivity index (χ1n) is 4.91. The Bertz CT molecular complexity index is 347. The number of benzene rings is 1. The van der Waals surface area contributed by atoms with Crippen molar-refractivity contribution < 1.29 is 5.11 Å². The van der Waals surface area contributed by atoms with Crippen molar-refractivity contribution in [1.82, 2.24) is 0 Å². The highest BCUT2D eigenvalue weighted by atomic mass is 16.3. The van der Waals surface area contributed by atoms with Crippen molar-refractivity contribution in [2.75, 3.05) is 0 Å². The average molecular weight is 186 g/mol. The van der Waals surface area contributed by atoms with Crippen LogP contribution in [0.2, 0.25) is 0 Å². The van der Waals surface area contributed by atoms with Gasteiger partial charge in [0, 0.05) is 5.92 Å². The van der Waals surface area contributed by atoms with Gasteiger partial charge in [-0.25, -0.2) is 0 Å². The molecule has 0 saturated carbocycles. The second kappa shape index (κ2) is 3.70. The largest absolute Gasteiger partial charge is 0.508 e. The molecular formula is C13H14O. The van der Waals surface area contributed by atoms with Gasteiger partial charge >= 0.3 is 0 Å². The van der Waals surface area contributed by atoms with E-state index in [2.05, 4.69) is 31.2 Å². The molecule has 1 atom stereocenters. The zero-order valence-electron chi connectivity index (χ0n) is 8.22. The number of allylic oxidation sites excluding steroid dienone is 4. The van der Waals surface area contributed by atoms with Crippen LogP contribution in [0.1, 0.15) is 18.4 Å². The predicted octanol–water partition coefficient (Wildman–Crippen LogP) is 3.24. The predicted molar refractivity (Wildman–Crippen MR) is 58.3 cm³/mol. The minimum Gasteiger partial charge on any atom is -0.508 e. The molecule has 0 aliphatic heterocycles. The lowest BCUT2D eigenvalue weighted by atomic mass is 9.89. The summed E-state index contributed by atoms with van der Waals surface area (Å²) in [6, 6.07) is 7.46. The molecule has 1 aliphatic rings. The van der Waals surface area contributed by atoms with Gasteiger partial charge in [-0.2, -0.15) is 0 Å². The maximum Gasteiger partial charge on any atom is 0.115 e. The van der Waals surface area contributed by atoms with E-state index in [-0.39, 0.29) is 0 Å². The highest BCUT2D eigenvalue weighted by molar-refractivity contribution is 5.31. The highest BCUT2D eigenvalue weighted by Gasteiger charge is 2.14. The van der Waals surface area contributed by atoms with Crippen LogP contribution >= 0.6 is 0 Å². The molecule has 0 fully saturated rings. The first-order chi connectivity index (χ1) is 6.77. The van der Waals surface area contributed by atoms with Crippen LogP contribution in [0.3, 0.4) is 0 Å². The van der Waals surface area contributed by atoms with Gasteiger partial charge in [0.2, 0.25) is 0 Å². The maximum atomic E-state index is 9.18. The fourth-order valence-electron chi connectivity index (χ4n) is 1.78. The maximum absolute atomic E-state index is 9.18. The number of aromatic hydroxyl groups is 1. The molecule has 0 aromatic heterocycles. The van der Waals surface area contributed by atoms with E-state index in [4.69, 9.17) is 0 Å². The first-order valence-corrected chi connectivity index (χ1v) is 4.91. The van der Waals surface area contributed by atoms with Crippen molar-refractivity contribution in [2.24, 2.45) is 5.92 Å². The minimum atomic E-state index is 0.332. The Hall–Kier alpha value is -1.50. The number of hydrogen-bond donors (Lipinski definition) is 1. The van der Waals surface area contributed by atoms with E-state index in [0.717, 1.165) is 0 Å². The van der Waals surface area contributed by atoms with Gasteiger partial charge in [0.05, 0.1) is 0 Å². The Balaban J connectivity index is 2.18. The van der Waals surface area contributed by atoms with Crippen molar-refractivity contribution in [1.29, 1.82) is 0 Å². The number of hydrogen-bond acceptors (Lipinski definition) is 1. The molecule has 0 radical (unpaired) electrons. The smallest absolute Gasteiger partial charge is 0.115 e. The topological polar surface area (TPSA) is 20.2 Å². The molecule has 1 aromatic rings. The van der Waals surface area contributed by atoms with Crippen LogP contribution in [0.25, 0.3) is 0 Å². The van der Waals surface area contributed by atoms with E-state index in [9.17, 15) is 5.11 Å². The van der Waals surface area contributed by atoms with Crippen molar-refractivity contribution in [2.45, 2.75) is 12.8 Å². The molecule has 1 aromatic carbocycles. The van der Waals surface area contributed by atoms with Crippen LogP contribution in [0.5, 0.6) is 5.75 Å². The van der Waals surface area contributed by atoms with Crippen molar-refractivity contribution in [3.63, 3.8) is 0 Å². The van der Waals surface area contributed by atoms with Gasteiger partial charge in [0.15, 0.2) is 0 Å². The molecule has 14 heavy (non-hydrogen) atoms. The molecule has 0 amide bonds. The van der Waals surface area contributed by atoms with Gasteiger partial charge in [0.1, 0.15) is 5.75 Å². The van der Waals surface area contributed by atoms with Crippen molar-refractivity contribution >= 4 is 0 Å². The summed E-state index contributed by atoms with van der Waals surface area (Å²) in [6.45, 7) is 2.21. The monoisotopic (exact) mass is 186 g/mol. The molecule has 1 unspecified atom stereocenters. The summed E-state index contributed by atoms with van der Waals surface area (Å²) < 4.78 is 0. The van der Waals surface area contributed by atoms with E-state index >= 15 is 0 Å². The minimum absolute atomic E-state index is 0.332. The second-order valence-electron chi connectivity index (χ2n) is 3.73. The Morgan fingerprint density at radius 3 is 2.21 bits per heavy atom. The van der Waals surface area contributed by atoms with Gasteiger partial charge in [-0.15, -0.1) is 0 Å². The third-order valence-electron chi connectivity index (χ3n) is 2.77. The molecule has 0 spiro atoms. The van der Waals surface area contributed by atoms with Crippen LogP contribution in [0.4, 0.5) is 0 Å². The molecule has 0 saturated heterocycles. The molecule has 1 nitrogen and oxygen atoms in total. The van der Waals surface area contributed by atoms with Crippen LogP contribution in [0.15, 0.2) is 48.6 Å². The lowest BCUT2D eigenvalue weighted by Crippen LogP contribution is -2.02. The normalized spacial score (nSPS) is 17.5. The molecule has 1 N–H and O–H groups in total. The van der Waals surface area contributed by atoms with E-state index in [1.807, 2.05) is 12.1 Å². The standard InChI is InChI=1S/C13H14O/c1-10(11-4-2-3-5-11)12-6-8-13(14)9-7-12/h2-11,14H,1H3. The van der Waals surface area contributed by atoms with Crippen LogP contribution < -0.4 is 0 Å². The zero-order chi connectivity index (χ0) is 9.97. The van der Waals surface area contributed by atoms with Gasteiger partial charge in [0.25, 0.3) is 0 Å². The summed E-state index contributed by atoms with van der Waals surface area (Å²) in [7, 11) is 0. The van der Waals surface area contributed by atoms with Gasteiger partial charge in [-0.1, -0.05) is 43.4 Å². The van der Waals surface area contributed by atoms with E-state index < -0.39 is 0 Å². The van der Waals surface area contributed by atoms with Gasteiger partial charge < -0.3 is 5.11 Å². The van der Waals surface area contributed by atoms with Crippen LogP contribution in [-0.2, 0) is 0 Å².